The molecule has 1 heterocycles. The number of carbonyl (C=O) groups excluding carboxylic acids is 1. The Labute approximate surface area is 148 Å². The number of halogens is 1. The van der Waals surface area contributed by atoms with Gasteiger partial charge in [-0.3, -0.25) is 9.89 Å². The number of H-pyrrole nitrogens is 1. The second-order valence-corrected chi connectivity index (χ2v) is 6.31. The number of nitrogens with zero attached hydrogens (tertiary/aromatic N) is 2. The molecular formula is C18H17BrN4O. The maximum atomic E-state index is 12.1. The maximum absolute atomic E-state index is 12.1. The van der Waals surface area contributed by atoms with E-state index in [1.807, 2.05) is 49.4 Å². The molecule has 1 aromatic heterocycles. The third-order valence-corrected chi connectivity index (χ3v) is 4.30. The predicted octanol–water partition coefficient (Wildman–Crippen LogP) is 3.52. The Morgan fingerprint density at radius 3 is 2.67 bits per heavy atom. The van der Waals surface area contributed by atoms with Gasteiger partial charge in [0, 0.05) is 23.0 Å². The second kappa shape index (κ2) is 7.40. The molecule has 2 N–H and O–H groups in total. The number of carbonyl (C=O) groups is 1. The van der Waals surface area contributed by atoms with E-state index in [0.29, 0.717) is 24.4 Å². The molecule has 0 radical (unpaired) electrons. The lowest BCUT2D eigenvalue weighted by atomic mass is 10.1. The number of amides is 1. The van der Waals surface area contributed by atoms with Crippen LogP contribution in [-0.2, 0) is 6.42 Å². The van der Waals surface area contributed by atoms with Gasteiger partial charge in [0.15, 0.2) is 5.82 Å². The van der Waals surface area contributed by atoms with Crippen LogP contribution < -0.4 is 5.32 Å². The smallest absolute Gasteiger partial charge is 0.252 e. The molecule has 0 atom stereocenters. The molecular weight excluding hydrogens is 368 g/mol. The number of aromatic amines is 1. The molecule has 0 spiro atoms. The molecule has 122 valence electrons. The predicted molar refractivity (Wildman–Crippen MR) is 96.7 cm³/mol. The highest BCUT2D eigenvalue weighted by Crippen LogP contribution is 2.16. The van der Waals surface area contributed by atoms with Crippen molar-refractivity contribution in [3.8, 4) is 11.4 Å². The molecule has 3 aromatic rings. The van der Waals surface area contributed by atoms with Crippen LogP contribution in [0.25, 0.3) is 11.4 Å². The highest BCUT2D eigenvalue weighted by Gasteiger charge is 2.10. The van der Waals surface area contributed by atoms with E-state index < -0.39 is 0 Å². The largest absolute Gasteiger partial charge is 0.352 e. The fraction of sp³-hybridized carbons (Fsp3) is 0.167. The van der Waals surface area contributed by atoms with E-state index in [1.165, 1.54) is 5.56 Å². The Bertz CT molecular complexity index is 842. The van der Waals surface area contributed by atoms with Gasteiger partial charge >= 0.3 is 0 Å². The first-order valence-electron chi connectivity index (χ1n) is 7.64. The first-order valence-corrected chi connectivity index (χ1v) is 8.44. The van der Waals surface area contributed by atoms with Crippen molar-refractivity contribution in [2.75, 3.05) is 6.54 Å². The van der Waals surface area contributed by atoms with Crippen molar-refractivity contribution in [3.63, 3.8) is 0 Å². The van der Waals surface area contributed by atoms with E-state index >= 15 is 0 Å². The summed E-state index contributed by atoms with van der Waals surface area (Å²) in [7, 11) is 0. The maximum Gasteiger partial charge on any atom is 0.252 e. The number of nitrogens with one attached hydrogen (secondary N) is 2. The van der Waals surface area contributed by atoms with Crippen LogP contribution >= 0.6 is 15.9 Å². The minimum atomic E-state index is -0.110. The van der Waals surface area contributed by atoms with Crippen LogP contribution in [0.4, 0.5) is 0 Å². The molecule has 0 saturated carbocycles. The zero-order chi connectivity index (χ0) is 16.9. The summed E-state index contributed by atoms with van der Waals surface area (Å²) in [5.74, 6) is 1.31. The number of aryl methyl sites for hydroxylation is 1. The standard InChI is InChI=1S/C18H17BrN4O/c1-12-6-8-13(9-7-12)17-21-16(22-23-17)10-11-20-18(24)14-4-2-3-5-15(14)19/h2-9H,10-11H2,1H3,(H,20,24)(H,21,22,23). The Hall–Kier alpha value is -2.47. The van der Waals surface area contributed by atoms with E-state index in [9.17, 15) is 4.79 Å². The summed E-state index contributed by atoms with van der Waals surface area (Å²) in [5, 5.41) is 10.0. The normalized spacial score (nSPS) is 10.6. The molecule has 3 rings (SSSR count). The van der Waals surface area contributed by atoms with E-state index in [-0.39, 0.29) is 5.91 Å². The monoisotopic (exact) mass is 384 g/mol. The van der Waals surface area contributed by atoms with Gasteiger partial charge in [-0.25, -0.2) is 4.98 Å². The van der Waals surface area contributed by atoms with Crippen molar-refractivity contribution in [3.05, 3.63) is 70.0 Å². The van der Waals surface area contributed by atoms with Crippen molar-refractivity contribution >= 4 is 21.8 Å². The molecule has 0 fully saturated rings. The van der Waals surface area contributed by atoms with Crippen molar-refractivity contribution in [2.24, 2.45) is 0 Å². The van der Waals surface area contributed by atoms with Gasteiger partial charge in [-0.15, -0.1) is 0 Å². The Morgan fingerprint density at radius 1 is 1.17 bits per heavy atom. The van der Waals surface area contributed by atoms with E-state index in [2.05, 4.69) is 36.4 Å². The Balaban J connectivity index is 1.57. The Kier molecular flexibility index (Phi) is 5.05. The number of benzene rings is 2. The van der Waals surface area contributed by atoms with Crippen LogP contribution in [0, 0.1) is 6.92 Å². The van der Waals surface area contributed by atoms with Crippen LogP contribution in [0.2, 0.25) is 0 Å². The molecule has 0 aliphatic carbocycles. The summed E-state index contributed by atoms with van der Waals surface area (Å²) < 4.78 is 0.781. The third kappa shape index (κ3) is 3.89. The lowest BCUT2D eigenvalue weighted by molar-refractivity contribution is 0.0953. The fourth-order valence-electron chi connectivity index (χ4n) is 2.27. The zero-order valence-electron chi connectivity index (χ0n) is 13.2. The zero-order valence-corrected chi connectivity index (χ0v) is 14.8. The van der Waals surface area contributed by atoms with Gasteiger partial charge in [-0.1, -0.05) is 42.0 Å². The van der Waals surface area contributed by atoms with E-state index in [0.717, 1.165) is 15.9 Å². The van der Waals surface area contributed by atoms with Gasteiger partial charge in [0.2, 0.25) is 0 Å². The van der Waals surface area contributed by atoms with Crippen molar-refractivity contribution < 1.29 is 4.79 Å². The van der Waals surface area contributed by atoms with Crippen LogP contribution in [0.3, 0.4) is 0 Å². The lowest BCUT2D eigenvalue weighted by Crippen LogP contribution is -2.26. The lowest BCUT2D eigenvalue weighted by Gasteiger charge is -2.05. The third-order valence-electron chi connectivity index (χ3n) is 3.61. The molecule has 24 heavy (non-hydrogen) atoms. The second-order valence-electron chi connectivity index (χ2n) is 5.46. The fourth-order valence-corrected chi connectivity index (χ4v) is 2.74. The van der Waals surface area contributed by atoms with Crippen molar-refractivity contribution in [1.29, 1.82) is 0 Å². The molecule has 0 unspecified atom stereocenters. The van der Waals surface area contributed by atoms with Gasteiger partial charge < -0.3 is 5.32 Å². The minimum Gasteiger partial charge on any atom is -0.352 e. The Morgan fingerprint density at radius 2 is 1.92 bits per heavy atom. The van der Waals surface area contributed by atoms with Gasteiger partial charge in [-0.2, -0.15) is 5.10 Å². The van der Waals surface area contributed by atoms with Crippen LogP contribution in [0.15, 0.2) is 53.0 Å². The van der Waals surface area contributed by atoms with E-state index in [4.69, 9.17) is 0 Å². The van der Waals surface area contributed by atoms with Crippen LogP contribution in [0.5, 0.6) is 0 Å². The van der Waals surface area contributed by atoms with Gasteiger partial charge in [0.1, 0.15) is 5.82 Å². The highest BCUT2D eigenvalue weighted by molar-refractivity contribution is 9.10. The molecule has 5 nitrogen and oxygen atoms in total. The summed E-state index contributed by atoms with van der Waals surface area (Å²) in [6.45, 7) is 2.53. The summed E-state index contributed by atoms with van der Waals surface area (Å²) in [6, 6.07) is 15.4. The van der Waals surface area contributed by atoms with Gasteiger partial charge in [0.25, 0.3) is 5.91 Å². The first-order chi connectivity index (χ1) is 11.6. The minimum absolute atomic E-state index is 0.110. The molecule has 0 saturated heterocycles. The molecule has 6 heteroatoms. The summed E-state index contributed by atoms with van der Waals surface area (Å²) >= 11 is 3.38. The van der Waals surface area contributed by atoms with Gasteiger partial charge in [0.05, 0.1) is 5.56 Å². The van der Waals surface area contributed by atoms with E-state index in [1.54, 1.807) is 6.07 Å². The topological polar surface area (TPSA) is 70.7 Å². The molecule has 0 aliphatic heterocycles. The average Bonchev–Trinajstić information content (AvgIpc) is 3.04. The summed E-state index contributed by atoms with van der Waals surface area (Å²) in [4.78, 5) is 16.6. The molecule has 0 bridgehead atoms. The van der Waals surface area contributed by atoms with Crippen LogP contribution in [0.1, 0.15) is 21.7 Å². The highest BCUT2D eigenvalue weighted by atomic mass is 79.9. The van der Waals surface area contributed by atoms with Crippen molar-refractivity contribution in [1.82, 2.24) is 20.5 Å². The summed E-state index contributed by atoms with van der Waals surface area (Å²) in [5.41, 5.74) is 2.79. The van der Waals surface area contributed by atoms with Crippen LogP contribution in [-0.4, -0.2) is 27.6 Å². The number of aromatic nitrogens is 3. The quantitative estimate of drug-likeness (QED) is 0.706. The average molecular weight is 385 g/mol. The van der Waals surface area contributed by atoms with Crippen molar-refractivity contribution in [2.45, 2.75) is 13.3 Å². The molecule has 1 amide bonds. The molecule has 2 aromatic carbocycles. The summed E-state index contributed by atoms with van der Waals surface area (Å²) in [6.07, 6.45) is 0.592. The number of rotatable bonds is 5. The first kappa shape index (κ1) is 16.4. The molecule has 0 aliphatic rings. The van der Waals surface area contributed by atoms with Gasteiger partial charge in [-0.05, 0) is 35.0 Å². The number of hydrogen-bond acceptors (Lipinski definition) is 3. The number of hydrogen-bond donors (Lipinski definition) is 2. The SMILES string of the molecule is Cc1ccc(-c2n[nH]c(CCNC(=O)c3ccccc3Br)n2)cc1.